The van der Waals surface area contributed by atoms with Crippen LogP contribution in [0.2, 0.25) is 5.02 Å². The molecule has 6 nitrogen and oxygen atoms in total. The minimum atomic E-state index is -0.210. The molecule has 0 bridgehead atoms. The summed E-state index contributed by atoms with van der Waals surface area (Å²) in [5, 5.41) is 11.1. The SMILES string of the molecule is Cc1cc(C)n(-c2ccc(Cl)c(C(=O)NC3[C@H]4CNC[C@@H]34)n2)n1. The van der Waals surface area contributed by atoms with E-state index in [1.807, 2.05) is 19.9 Å². The van der Waals surface area contributed by atoms with Crippen molar-refractivity contribution in [3.63, 3.8) is 0 Å². The lowest BCUT2D eigenvalue weighted by Crippen LogP contribution is -2.33. The molecule has 120 valence electrons. The molecule has 2 aromatic heterocycles. The predicted octanol–water partition coefficient (Wildman–Crippen LogP) is 1.49. The highest BCUT2D eigenvalue weighted by molar-refractivity contribution is 6.33. The van der Waals surface area contributed by atoms with Crippen LogP contribution in [0.4, 0.5) is 0 Å². The standard InChI is InChI=1S/C16H18ClN5O/c1-8-5-9(2)22(21-8)13-4-3-12(17)15(19-13)16(23)20-14-10-6-18-7-11(10)14/h3-5,10-11,14,18H,6-7H2,1-2H3,(H,20,23)/t10-,11+,14?. The molecule has 3 atom stereocenters. The summed E-state index contributed by atoms with van der Waals surface area (Å²) in [6.45, 7) is 5.83. The molecule has 2 aromatic rings. The number of nitrogens with zero attached hydrogens (tertiary/aromatic N) is 3. The van der Waals surface area contributed by atoms with Gasteiger partial charge in [0.1, 0.15) is 5.69 Å². The molecule has 1 saturated carbocycles. The van der Waals surface area contributed by atoms with Gasteiger partial charge in [-0.25, -0.2) is 9.67 Å². The van der Waals surface area contributed by atoms with E-state index in [0.717, 1.165) is 24.5 Å². The van der Waals surface area contributed by atoms with Crippen molar-refractivity contribution in [3.8, 4) is 5.82 Å². The first kappa shape index (κ1) is 14.7. The smallest absolute Gasteiger partial charge is 0.271 e. The van der Waals surface area contributed by atoms with Crippen LogP contribution >= 0.6 is 11.6 Å². The van der Waals surface area contributed by atoms with Gasteiger partial charge in [-0.3, -0.25) is 4.79 Å². The third-order valence-corrected chi connectivity index (χ3v) is 4.97. The van der Waals surface area contributed by atoms with E-state index >= 15 is 0 Å². The molecule has 4 rings (SSSR count). The number of fused-ring (bicyclic) bond motifs is 1. The normalized spacial score (nSPS) is 25.3. The molecule has 1 unspecified atom stereocenters. The van der Waals surface area contributed by atoms with E-state index in [4.69, 9.17) is 11.6 Å². The van der Waals surface area contributed by atoms with Crippen molar-refractivity contribution < 1.29 is 4.79 Å². The maximum absolute atomic E-state index is 12.5. The van der Waals surface area contributed by atoms with Gasteiger partial charge in [0.15, 0.2) is 5.82 Å². The Morgan fingerprint density at radius 2 is 2.09 bits per heavy atom. The summed E-state index contributed by atoms with van der Waals surface area (Å²) in [5.41, 5.74) is 2.13. The monoisotopic (exact) mass is 331 g/mol. The van der Waals surface area contributed by atoms with Gasteiger partial charge in [-0.2, -0.15) is 5.10 Å². The fraction of sp³-hybridized carbons (Fsp3) is 0.438. The van der Waals surface area contributed by atoms with Crippen LogP contribution in [0, 0.1) is 25.7 Å². The highest BCUT2D eigenvalue weighted by Gasteiger charge is 2.53. The molecule has 1 aliphatic heterocycles. The van der Waals surface area contributed by atoms with Crippen LogP contribution in [0.1, 0.15) is 21.9 Å². The predicted molar refractivity (Wildman–Crippen MR) is 86.9 cm³/mol. The minimum absolute atomic E-state index is 0.210. The molecular weight excluding hydrogens is 314 g/mol. The van der Waals surface area contributed by atoms with Crippen LogP contribution in [0.3, 0.4) is 0 Å². The maximum atomic E-state index is 12.5. The Hall–Kier alpha value is -1.92. The van der Waals surface area contributed by atoms with E-state index < -0.39 is 0 Å². The molecule has 0 aromatic carbocycles. The van der Waals surface area contributed by atoms with Crippen LogP contribution in [-0.2, 0) is 0 Å². The molecule has 7 heteroatoms. The molecule has 2 fully saturated rings. The molecular formula is C16H18ClN5O. The Balaban J connectivity index is 1.59. The molecule has 2 aliphatic rings. The Labute approximate surface area is 139 Å². The first-order chi connectivity index (χ1) is 11.0. The quantitative estimate of drug-likeness (QED) is 0.893. The van der Waals surface area contributed by atoms with Crippen molar-refractivity contribution in [2.75, 3.05) is 13.1 Å². The van der Waals surface area contributed by atoms with Crippen molar-refractivity contribution in [3.05, 3.63) is 40.3 Å². The first-order valence-electron chi connectivity index (χ1n) is 7.76. The highest BCUT2D eigenvalue weighted by Crippen LogP contribution is 2.41. The van der Waals surface area contributed by atoms with Crippen molar-refractivity contribution in [2.45, 2.75) is 19.9 Å². The number of rotatable bonds is 3. The largest absolute Gasteiger partial charge is 0.347 e. The van der Waals surface area contributed by atoms with E-state index in [1.165, 1.54) is 0 Å². The van der Waals surface area contributed by atoms with Crippen molar-refractivity contribution in [1.29, 1.82) is 0 Å². The van der Waals surface area contributed by atoms with Gasteiger partial charge in [0.25, 0.3) is 5.91 Å². The summed E-state index contributed by atoms with van der Waals surface area (Å²) in [7, 11) is 0. The molecule has 1 saturated heterocycles. The molecule has 23 heavy (non-hydrogen) atoms. The van der Waals surface area contributed by atoms with Crippen LogP contribution in [0.25, 0.3) is 5.82 Å². The molecule has 0 spiro atoms. The van der Waals surface area contributed by atoms with E-state index in [1.54, 1.807) is 16.8 Å². The van der Waals surface area contributed by atoms with Gasteiger partial charge < -0.3 is 10.6 Å². The number of aromatic nitrogens is 3. The summed E-state index contributed by atoms with van der Waals surface area (Å²) in [6.07, 6.45) is 0. The second kappa shape index (κ2) is 5.32. The van der Waals surface area contributed by atoms with Gasteiger partial charge in [-0.15, -0.1) is 0 Å². The Kier molecular flexibility index (Phi) is 3.39. The number of halogens is 1. The van der Waals surface area contributed by atoms with Gasteiger partial charge in [-0.05, 0) is 43.9 Å². The average molecular weight is 332 g/mol. The lowest BCUT2D eigenvalue weighted by atomic mass is 10.3. The van der Waals surface area contributed by atoms with Crippen molar-refractivity contribution in [2.24, 2.45) is 11.8 Å². The fourth-order valence-electron chi connectivity index (χ4n) is 3.42. The van der Waals surface area contributed by atoms with Crippen molar-refractivity contribution >= 4 is 17.5 Å². The Bertz CT molecular complexity index is 777. The molecule has 1 amide bonds. The number of carbonyl (C=O) groups is 1. The second-order valence-electron chi connectivity index (χ2n) is 6.32. The first-order valence-corrected chi connectivity index (χ1v) is 8.14. The molecule has 1 aliphatic carbocycles. The molecule has 2 N–H and O–H groups in total. The number of carbonyl (C=O) groups excluding carboxylic acids is 1. The Morgan fingerprint density at radius 1 is 1.35 bits per heavy atom. The fourth-order valence-corrected chi connectivity index (χ4v) is 3.61. The van der Waals surface area contributed by atoms with Gasteiger partial charge in [0, 0.05) is 24.8 Å². The molecule has 3 heterocycles. The van der Waals surface area contributed by atoms with Crippen LogP contribution in [-0.4, -0.2) is 39.8 Å². The molecule has 0 radical (unpaired) electrons. The van der Waals surface area contributed by atoms with Crippen LogP contribution < -0.4 is 10.6 Å². The number of piperidine rings is 1. The highest BCUT2D eigenvalue weighted by atomic mass is 35.5. The van der Waals surface area contributed by atoms with E-state index in [2.05, 4.69) is 20.7 Å². The number of amides is 1. The zero-order valence-corrected chi connectivity index (χ0v) is 13.8. The van der Waals surface area contributed by atoms with E-state index in [9.17, 15) is 4.79 Å². The summed E-state index contributed by atoms with van der Waals surface area (Å²) < 4.78 is 1.72. The van der Waals surface area contributed by atoms with Gasteiger partial charge in [-0.1, -0.05) is 11.6 Å². The third-order valence-electron chi connectivity index (χ3n) is 4.66. The maximum Gasteiger partial charge on any atom is 0.271 e. The van der Waals surface area contributed by atoms with Gasteiger partial charge in [0.2, 0.25) is 0 Å². The van der Waals surface area contributed by atoms with Gasteiger partial charge in [0.05, 0.1) is 10.7 Å². The number of hydrogen-bond acceptors (Lipinski definition) is 4. The zero-order valence-electron chi connectivity index (χ0n) is 13.0. The number of pyridine rings is 1. The van der Waals surface area contributed by atoms with Crippen molar-refractivity contribution in [1.82, 2.24) is 25.4 Å². The third kappa shape index (κ3) is 2.52. The Morgan fingerprint density at radius 3 is 2.74 bits per heavy atom. The van der Waals surface area contributed by atoms with E-state index in [-0.39, 0.29) is 17.6 Å². The minimum Gasteiger partial charge on any atom is -0.347 e. The number of aryl methyl sites for hydroxylation is 2. The summed E-state index contributed by atoms with van der Waals surface area (Å²) in [5.74, 6) is 1.49. The lowest BCUT2D eigenvalue weighted by molar-refractivity contribution is 0.0941. The summed E-state index contributed by atoms with van der Waals surface area (Å²) in [4.78, 5) is 16.9. The topological polar surface area (TPSA) is 71.8 Å². The number of nitrogens with one attached hydrogen (secondary N) is 2. The van der Waals surface area contributed by atoms with Gasteiger partial charge >= 0.3 is 0 Å². The average Bonchev–Trinajstić information content (AvgIpc) is 2.88. The summed E-state index contributed by atoms with van der Waals surface area (Å²) in [6, 6.07) is 5.69. The second-order valence-corrected chi connectivity index (χ2v) is 6.73. The van der Waals surface area contributed by atoms with Crippen LogP contribution in [0.5, 0.6) is 0 Å². The van der Waals surface area contributed by atoms with E-state index in [0.29, 0.717) is 22.7 Å². The van der Waals surface area contributed by atoms with Crippen LogP contribution in [0.15, 0.2) is 18.2 Å². The number of hydrogen-bond donors (Lipinski definition) is 2. The summed E-state index contributed by atoms with van der Waals surface area (Å²) >= 11 is 6.18. The zero-order chi connectivity index (χ0) is 16.1. The lowest BCUT2D eigenvalue weighted by Gasteiger charge is -2.10.